The van der Waals surface area contributed by atoms with Crippen molar-refractivity contribution in [3.05, 3.63) is 17.1 Å². The molecule has 5 nitrogen and oxygen atoms in total. The maximum Gasteiger partial charge on any atom is 0.152 e. The minimum atomic E-state index is -0.410. The summed E-state index contributed by atoms with van der Waals surface area (Å²) >= 11 is 0. The number of rotatable bonds is 3. The zero-order chi connectivity index (χ0) is 16.6. The third-order valence-corrected chi connectivity index (χ3v) is 6.29. The van der Waals surface area contributed by atoms with Gasteiger partial charge >= 0.3 is 0 Å². The van der Waals surface area contributed by atoms with Crippen LogP contribution < -0.4 is 16.0 Å². The summed E-state index contributed by atoms with van der Waals surface area (Å²) in [6, 6.07) is 0.286. The molecule has 2 unspecified atom stereocenters. The highest BCUT2D eigenvalue weighted by Gasteiger charge is 2.43. The van der Waals surface area contributed by atoms with Crippen molar-refractivity contribution in [3.63, 3.8) is 0 Å². The van der Waals surface area contributed by atoms with E-state index in [0.29, 0.717) is 0 Å². The fourth-order valence-electron chi connectivity index (χ4n) is 4.86. The molecule has 2 atom stereocenters. The van der Waals surface area contributed by atoms with Crippen LogP contribution in [0.1, 0.15) is 68.4 Å². The Balaban J connectivity index is 1.75. The fourth-order valence-corrected chi connectivity index (χ4v) is 4.86. The first-order valence-corrected chi connectivity index (χ1v) is 9.84. The molecule has 2 fully saturated rings. The summed E-state index contributed by atoms with van der Waals surface area (Å²) in [4.78, 5) is 12.6. The molecule has 1 aromatic heterocycles. The van der Waals surface area contributed by atoms with Gasteiger partial charge in [-0.1, -0.05) is 12.8 Å². The van der Waals surface area contributed by atoms with Gasteiger partial charge < -0.3 is 16.0 Å². The maximum atomic E-state index is 6.85. The Morgan fingerprint density at radius 3 is 2.58 bits per heavy atom. The van der Waals surface area contributed by atoms with Crippen molar-refractivity contribution in [1.29, 1.82) is 0 Å². The first-order valence-electron chi connectivity index (χ1n) is 9.84. The Morgan fingerprint density at radius 1 is 1.04 bits per heavy atom. The smallest absolute Gasteiger partial charge is 0.152 e. The van der Waals surface area contributed by atoms with Crippen LogP contribution >= 0.6 is 0 Å². The van der Waals surface area contributed by atoms with Crippen molar-refractivity contribution in [2.45, 2.75) is 75.8 Å². The zero-order valence-corrected chi connectivity index (χ0v) is 15.0. The number of aromatic nitrogens is 2. The zero-order valence-electron chi connectivity index (χ0n) is 15.0. The van der Waals surface area contributed by atoms with Crippen LogP contribution in [-0.2, 0) is 18.4 Å². The highest BCUT2D eigenvalue weighted by molar-refractivity contribution is 5.52. The van der Waals surface area contributed by atoms with E-state index in [1.165, 1.54) is 49.2 Å². The summed E-state index contributed by atoms with van der Waals surface area (Å²) in [5.41, 5.74) is 9.12. The third kappa shape index (κ3) is 2.72. The summed E-state index contributed by atoms with van der Waals surface area (Å²) in [7, 11) is 2.01. The topological polar surface area (TPSA) is 67.1 Å². The molecule has 0 bridgehead atoms. The maximum absolute atomic E-state index is 6.85. The summed E-state index contributed by atoms with van der Waals surface area (Å²) in [5.74, 6) is 2.10. The summed E-state index contributed by atoms with van der Waals surface area (Å²) in [6.45, 7) is 2.27. The monoisotopic (exact) mass is 329 g/mol. The molecule has 0 aromatic carbocycles. The molecule has 0 radical (unpaired) electrons. The summed E-state index contributed by atoms with van der Waals surface area (Å²) < 4.78 is 0. The fraction of sp³-hybridized carbons (Fsp3) is 0.789. The molecule has 0 spiro atoms. The van der Waals surface area contributed by atoms with Gasteiger partial charge in [-0.15, -0.1) is 0 Å². The molecule has 24 heavy (non-hydrogen) atoms. The molecule has 132 valence electrons. The molecule has 1 aromatic rings. The minimum Gasteiger partial charge on any atom is -0.356 e. The Labute approximate surface area is 145 Å². The molecule has 1 saturated heterocycles. The van der Waals surface area contributed by atoms with Crippen LogP contribution in [0.2, 0.25) is 0 Å². The van der Waals surface area contributed by atoms with Crippen LogP contribution in [0, 0.1) is 0 Å². The van der Waals surface area contributed by atoms with Crippen LogP contribution in [0.5, 0.6) is 0 Å². The van der Waals surface area contributed by atoms with E-state index in [1.54, 1.807) is 0 Å². The quantitative estimate of drug-likeness (QED) is 0.890. The highest BCUT2D eigenvalue weighted by atomic mass is 15.2. The lowest BCUT2D eigenvalue weighted by atomic mass is 9.93. The molecule has 3 N–H and O–H groups in total. The number of nitrogens with zero attached hydrogens (tertiary/aromatic N) is 3. The largest absolute Gasteiger partial charge is 0.356 e. The van der Waals surface area contributed by atoms with E-state index < -0.39 is 5.54 Å². The van der Waals surface area contributed by atoms with Crippen LogP contribution in [-0.4, -0.2) is 36.1 Å². The Hall–Kier alpha value is -1.20. The number of anilines is 1. The first kappa shape index (κ1) is 16.3. The molecule has 1 saturated carbocycles. The van der Waals surface area contributed by atoms with Gasteiger partial charge in [-0.2, -0.15) is 0 Å². The molecule has 2 aliphatic carbocycles. The molecular weight excluding hydrogens is 298 g/mol. The number of fused-ring (bicyclic) bond motifs is 1. The predicted octanol–water partition coefficient (Wildman–Crippen LogP) is 2.27. The third-order valence-electron chi connectivity index (χ3n) is 6.29. The summed E-state index contributed by atoms with van der Waals surface area (Å²) in [5, 5.41) is 3.41. The second-order valence-corrected chi connectivity index (χ2v) is 7.82. The van der Waals surface area contributed by atoms with Gasteiger partial charge in [-0.3, -0.25) is 0 Å². The van der Waals surface area contributed by atoms with Crippen molar-refractivity contribution in [3.8, 4) is 0 Å². The van der Waals surface area contributed by atoms with Crippen molar-refractivity contribution in [1.82, 2.24) is 15.3 Å². The molecule has 4 rings (SSSR count). The number of aryl methyl sites for hydroxylation is 1. The van der Waals surface area contributed by atoms with E-state index in [4.69, 9.17) is 15.7 Å². The number of nitrogens with two attached hydrogens (primary N) is 1. The lowest BCUT2D eigenvalue weighted by molar-refractivity contribution is 0.341. The SMILES string of the molecule is CNC1CCCC1(N)c1nc2c(c(N3CCCCCC3)n1)CCC2. The van der Waals surface area contributed by atoms with E-state index >= 15 is 0 Å². The van der Waals surface area contributed by atoms with Crippen LogP contribution in [0.4, 0.5) is 5.82 Å². The van der Waals surface area contributed by atoms with Crippen molar-refractivity contribution >= 4 is 5.82 Å². The Morgan fingerprint density at radius 2 is 1.83 bits per heavy atom. The number of hydrogen-bond acceptors (Lipinski definition) is 5. The van der Waals surface area contributed by atoms with Crippen molar-refractivity contribution in [2.75, 3.05) is 25.0 Å². The van der Waals surface area contributed by atoms with Gasteiger partial charge in [0.25, 0.3) is 0 Å². The molecule has 5 heteroatoms. The number of likely N-dealkylation sites (N-methyl/N-ethyl adjacent to an activating group) is 1. The van der Waals surface area contributed by atoms with E-state index in [0.717, 1.165) is 51.0 Å². The lowest BCUT2D eigenvalue weighted by Gasteiger charge is -2.32. The second-order valence-electron chi connectivity index (χ2n) is 7.82. The standard InChI is InChI=1S/C19H31N5/c1-21-16-10-7-11-19(16,20)18-22-15-9-6-8-14(15)17(23-18)24-12-4-2-3-5-13-24/h16,21H,2-13,20H2,1H3. The molecule has 0 amide bonds. The summed E-state index contributed by atoms with van der Waals surface area (Å²) in [6.07, 6.45) is 11.9. The highest BCUT2D eigenvalue weighted by Crippen LogP contribution is 2.38. The van der Waals surface area contributed by atoms with Crippen LogP contribution in [0.15, 0.2) is 0 Å². The second kappa shape index (κ2) is 6.60. The molecule has 2 heterocycles. The number of nitrogens with one attached hydrogen (secondary N) is 1. The van der Waals surface area contributed by atoms with Gasteiger partial charge in [0.05, 0.1) is 5.54 Å². The predicted molar refractivity (Wildman–Crippen MR) is 97.3 cm³/mol. The average molecular weight is 329 g/mol. The van der Waals surface area contributed by atoms with Crippen molar-refractivity contribution < 1.29 is 0 Å². The van der Waals surface area contributed by atoms with Gasteiger partial charge in [0, 0.05) is 30.4 Å². The van der Waals surface area contributed by atoms with E-state index in [-0.39, 0.29) is 6.04 Å². The van der Waals surface area contributed by atoms with Gasteiger partial charge in [0.15, 0.2) is 5.82 Å². The molecule has 1 aliphatic heterocycles. The lowest BCUT2D eigenvalue weighted by Crippen LogP contribution is -2.51. The Kier molecular flexibility index (Phi) is 4.48. The van der Waals surface area contributed by atoms with Gasteiger partial charge in [-0.25, -0.2) is 9.97 Å². The van der Waals surface area contributed by atoms with Crippen LogP contribution in [0.25, 0.3) is 0 Å². The van der Waals surface area contributed by atoms with Gasteiger partial charge in [-0.05, 0) is 58.4 Å². The van der Waals surface area contributed by atoms with Crippen molar-refractivity contribution in [2.24, 2.45) is 5.73 Å². The van der Waals surface area contributed by atoms with Crippen LogP contribution in [0.3, 0.4) is 0 Å². The van der Waals surface area contributed by atoms with E-state index in [9.17, 15) is 0 Å². The molecular formula is C19H31N5. The average Bonchev–Trinajstić information content (AvgIpc) is 3.12. The Bertz CT molecular complexity index is 594. The molecule has 3 aliphatic rings. The van der Waals surface area contributed by atoms with Gasteiger partial charge in [0.1, 0.15) is 5.82 Å². The van der Waals surface area contributed by atoms with Gasteiger partial charge in [0.2, 0.25) is 0 Å². The van der Waals surface area contributed by atoms with E-state index in [2.05, 4.69) is 10.2 Å². The normalized spacial score (nSPS) is 30.4. The first-order chi connectivity index (χ1) is 11.7. The minimum absolute atomic E-state index is 0.286. The number of hydrogen-bond donors (Lipinski definition) is 2. The van der Waals surface area contributed by atoms with E-state index in [1.807, 2.05) is 7.05 Å².